The summed E-state index contributed by atoms with van der Waals surface area (Å²) in [5.41, 5.74) is 1.34. The van der Waals surface area contributed by atoms with Crippen molar-refractivity contribution in [3.8, 4) is 5.75 Å². The van der Waals surface area contributed by atoms with Crippen molar-refractivity contribution >= 4 is 17.6 Å². The standard InChI is InChI=1S/C15H19NO4/c1-10(2)9-14(17)20-11(3)15(18)16-12-7-5-6-8-13(12)19-4/h5-9,11H,1-4H3,(H,16,18)/t11-/m1/s1. The average molecular weight is 277 g/mol. The molecule has 5 nitrogen and oxygen atoms in total. The Labute approximate surface area is 118 Å². The number of carbonyl (C=O) groups is 2. The molecule has 1 aromatic rings. The maximum Gasteiger partial charge on any atom is 0.331 e. The summed E-state index contributed by atoms with van der Waals surface area (Å²) in [5.74, 6) is -0.402. The number of anilines is 1. The second-order valence-corrected chi connectivity index (χ2v) is 4.49. The van der Waals surface area contributed by atoms with Crippen LogP contribution in [0, 0.1) is 0 Å². The third-order valence-electron chi connectivity index (χ3n) is 2.43. The maximum atomic E-state index is 11.9. The van der Waals surface area contributed by atoms with Gasteiger partial charge in [0, 0.05) is 6.08 Å². The predicted molar refractivity (Wildman–Crippen MR) is 76.6 cm³/mol. The van der Waals surface area contributed by atoms with Crippen molar-refractivity contribution in [1.82, 2.24) is 0 Å². The van der Waals surface area contributed by atoms with Gasteiger partial charge in [-0.2, -0.15) is 0 Å². The highest BCUT2D eigenvalue weighted by Gasteiger charge is 2.18. The van der Waals surface area contributed by atoms with E-state index in [1.165, 1.54) is 20.1 Å². The summed E-state index contributed by atoms with van der Waals surface area (Å²) in [6.07, 6.45) is 0.454. The van der Waals surface area contributed by atoms with E-state index in [9.17, 15) is 9.59 Å². The Hall–Kier alpha value is -2.30. The molecule has 108 valence electrons. The van der Waals surface area contributed by atoms with Crippen LogP contribution in [0.4, 0.5) is 5.69 Å². The molecule has 0 saturated heterocycles. The summed E-state index contributed by atoms with van der Waals surface area (Å²) >= 11 is 0. The van der Waals surface area contributed by atoms with Gasteiger partial charge in [0.05, 0.1) is 12.8 Å². The van der Waals surface area contributed by atoms with Crippen LogP contribution in [-0.2, 0) is 14.3 Å². The number of benzene rings is 1. The molecule has 1 N–H and O–H groups in total. The van der Waals surface area contributed by atoms with E-state index >= 15 is 0 Å². The van der Waals surface area contributed by atoms with E-state index in [0.717, 1.165) is 5.57 Å². The van der Waals surface area contributed by atoms with Crippen LogP contribution in [-0.4, -0.2) is 25.1 Å². The second-order valence-electron chi connectivity index (χ2n) is 4.49. The Morgan fingerprint density at radius 2 is 1.90 bits per heavy atom. The molecule has 0 aliphatic carbocycles. The first-order valence-corrected chi connectivity index (χ1v) is 6.23. The molecule has 20 heavy (non-hydrogen) atoms. The molecule has 0 saturated carbocycles. The van der Waals surface area contributed by atoms with E-state index < -0.39 is 18.0 Å². The van der Waals surface area contributed by atoms with E-state index in [1.54, 1.807) is 38.1 Å². The van der Waals surface area contributed by atoms with Crippen LogP contribution in [0.1, 0.15) is 20.8 Å². The van der Waals surface area contributed by atoms with E-state index in [0.29, 0.717) is 11.4 Å². The number of hydrogen-bond acceptors (Lipinski definition) is 4. The molecule has 0 heterocycles. The van der Waals surface area contributed by atoms with Gasteiger partial charge in [0.15, 0.2) is 6.10 Å². The van der Waals surface area contributed by atoms with E-state index in [2.05, 4.69) is 5.32 Å². The lowest BCUT2D eigenvalue weighted by Gasteiger charge is -2.14. The molecule has 0 aliphatic heterocycles. The topological polar surface area (TPSA) is 64.6 Å². The van der Waals surface area contributed by atoms with Gasteiger partial charge in [0.2, 0.25) is 0 Å². The first-order chi connectivity index (χ1) is 9.43. The maximum absolute atomic E-state index is 11.9. The Balaban J connectivity index is 2.66. The highest BCUT2D eigenvalue weighted by Crippen LogP contribution is 2.23. The Morgan fingerprint density at radius 3 is 2.50 bits per heavy atom. The molecule has 0 radical (unpaired) electrons. The van der Waals surface area contributed by atoms with Gasteiger partial charge in [-0.1, -0.05) is 17.7 Å². The minimum Gasteiger partial charge on any atom is -0.495 e. The largest absolute Gasteiger partial charge is 0.495 e. The number of rotatable bonds is 5. The van der Waals surface area contributed by atoms with Crippen molar-refractivity contribution in [3.63, 3.8) is 0 Å². The van der Waals surface area contributed by atoms with Gasteiger partial charge in [-0.25, -0.2) is 4.79 Å². The van der Waals surface area contributed by atoms with Gasteiger partial charge in [0.25, 0.3) is 5.91 Å². The number of hydrogen-bond donors (Lipinski definition) is 1. The van der Waals surface area contributed by atoms with Crippen LogP contribution in [0.3, 0.4) is 0 Å². The van der Waals surface area contributed by atoms with Crippen molar-refractivity contribution in [2.75, 3.05) is 12.4 Å². The lowest BCUT2D eigenvalue weighted by molar-refractivity contribution is -0.148. The molecule has 1 aromatic carbocycles. The lowest BCUT2D eigenvalue weighted by atomic mass is 10.2. The number of methoxy groups -OCH3 is 1. The smallest absolute Gasteiger partial charge is 0.331 e. The molecular weight excluding hydrogens is 258 g/mol. The normalized spacial score (nSPS) is 11.2. The average Bonchev–Trinajstić information content (AvgIpc) is 2.38. The summed E-state index contributed by atoms with van der Waals surface area (Å²) in [5, 5.41) is 2.66. The van der Waals surface area contributed by atoms with Crippen molar-refractivity contribution in [1.29, 1.82) is 0 Å². The van der Waals surface area contributed by atoms with Crippen molar-refractivity contribution in [2.24, 2.45) is 0 Å². The van der Waals surface area contributed by atoms with Gasteiger partial charge in [-0.05, 0) is 32.9 Å². The highest BCUT2D eigenvalue weighted by molar-refractivity contribution is 5.97. The molecule has 0 unspecified atom stereocenters. The van der Waals surface area contributed by atoms with Gasteiger partial charge in [-0.15, -0.1) is 0 Å². The molecule has 0 aliphatic rings. The van der Waals surface area contributed by atoms with Crippen molar-refractivity contribution in [3.05, 3.63) is 35.9 Å². The first kappa shape index (κ1) is 15.8. The van der Waals surface area contributed by atoms with Gasteiger partial charge in [-0.3, -0.25) is 4.79 Å². The third kappa shape index (κ3) is 4.76. The lowest BCUT2D eigenvalue weighted by Crippen LogP contribution is -2.29. The number of ether oxygens (including phenoxy) is 2. The Bertz CT molecular complexity index is 518. The third-order valence-corrected chi connectivity index (χ3v) is 2.43. The molecule has 1 rings (SSSR count). The minimum absolute atomic E-state index is 0.412. The summed E-state index contributed by atoms with van der Waals surface area (Å²) < 4.78 is 10.1. The predicted octanol–water partition coefficient (Wildman–Crippen LogP) is 2.53. The highest BCUT2D eigenvalue weighted by atomic mass is 16.5. The molecule has 0 aromatic heterocycles. The van der Waals surface area contributed by atoms with Crippen molar-refractivity contribution in [2.45, 2.75) is 26.9 Å². The van der Waals surface area contributed by atoms with Gasteiger partial charge in [0.1, 0.15) is 5.75 Å². The van der Waals surface area contributed by atoms with Crippen LogP contribution in [0.5, 0.6) is 5.75 Å². The SMILES string of the molecule is COc1ccccc1NC(=O)[C@@H](C)OC(=O)C=C(C)C. The molecule has 0 spiro atoms. The molecule has 0 fully saturated rings. The quantitative estimate of drug-likeness (QED) is 0.663. The Kier molecular flexibility index (Phi) is 5.77. The number of esters is 1. The van der Waals surface area contributed by atoms with Crippen LogP contribution >= 0.6 is 0 Å². The minimum atomic E-state index is -0.886. The number of carbonyl (C=O) groups excluding carboxylic acids is 2. The number of allylic oxidation sites excluding steroid dienone is 1. The van der Waals surface area contributed by atoms with Crippen LogP contribution in [0.15, 0.2) is 35.9 Å². The number of nitrogens with one attached hydrogen (secondary N) is 1. The zero-order valence-corrected chi connectivity index (χ0v) is 12.1. The summed E-state index contributed by atoms with van der Waals surface area (Å²) in [7, 11) is 1.52. The fourth-order valence-electron chi connectivity index (χ4n) is 1.48. The molecule has 0 bridgehead atoms. The summed E-state index contributed by atoms with van der Waals surface area (Å²) in [6, 6.07) is 7.02. The van der Waals surface area contributed by atoms with Crippen LogP contribution < -0.4 is 10.1 Å². The zero-order valence-electron chi connectivity index (χ0n) is 12.1. The van der Waals surface area contributed by atoms with E-state index in [1.807, 2.05) is 0 Å². The first-order valence-electron chi connectivity index (χ1n) is 6.23. The van der Waals surface area contributed by atoms with E-state index in [-0.39, 0.29) is 0 Å². The second kappa shape index (κ2) is 7.33. The van der Waals surface area contributed by atoms with Crippen LogP contribution in [0.2, 0.25) is 0 Å². The van der Waals surface area contributed by atoms with Gasteiger partial charge >= 0.3 is 5.97 Å². The fraction of sp³-hybridized carbons (Fsp3) is 0.333. The monoisotopic (exact) mass is 277 g/mol. The Morgan fingerprint density at radius 1 is 1.25 bits per heavy atom. The van der Waals surface area contributed by atoms with E-state index in [4.69, 9.17) is 9.47 Å². The fourth-order valence-corrected chi connectivity index (χ4v) is 1.48. The molecular formula is C15H19NO4. The summed E-state index contributed by atoms with van der Waals surface area (Å²) in [4.78, 5) is 23.4. The van der Waals surface area contributed by atoms with Gasteiger partial charge < -0.3 is 14.8 Å². The molecule has 1 atom stereocenters. The number of para-hydroxylation sites is 2. The van der Waals surface area contributed by atoms with Crippen LogP contribution in [0.25, 0.3) is 0 Å². The molecule has 5 heteroatoms. The van der Waals surface area contributed by atoms with Crippen molar-refractivity contribution < 1.29 is 19.1 Å². The zero-order chi connectivity index (χ0) is 15.1. The summed E-state index contributed by atoms with van der Waals surface area (Å²) in [6.45, 7) is 5.07. The molecule has 1 amide bonds. The number of amides is 1.